The quantitative estimate of drug-likeness (QED) is 0.844. The maximum atomic E-state index is 13.0. The van der Waals surface area contributed by atoms with Gasteiger partial charge in [-0.15, -0.1) is 0 Å². The molecule has 1 amide bonds. The molecule has 1 aromatic rings. The molecule has 0 aliphatic heterocycles. The monoisotopic (exact) mass is 261 g/mol. The highest BCUT2D eigenvalue weighted by Crippen LogP contribution is 2.24. The molecular weight excluding hydrogens is 253 g/mol. The van der Waals surface area contributed by atoms with Crippen LogP contribution in [0.3, 0.4) is 0 Å². The van der Waals surface area contributed by atoms with E-state index < -0.39 is 6.09 Å². The lowest BCUT2D eigenvalue weighted by atomic mass is 10.2. The lowest BCUT2D eigenvalue weighted by molar-refractivity contribution is 0.187. The van der Waals surface area contributed by atoms with Gasteiger partial charge in [-0.05, 0) is 40.5 Å². The van der Waals surface area contributed by atoms with Gasteiger partial charge in [-0.3, -0.25) is 5.32 Å². The minimum absolute atomic E-state index is 0.300. The fraction of sp³-hybridized carbons (Fsp3) is 0.222. The molecule has 0 atom stereocenters. The van der Waals surface area contributed by atoms with Gasteiger partial charge in [0.15, 0.2) is 0 Å². The molecule has 0 heterocycles. The second kappa shape index (κ2) is 4.41. The van der Waals surface area contributed by atoms with E-state index in [0.717, 1.165) is 0 Å². The molecule has 0 aromatic heterocycles. The van der Waals surface area contributed by atoms with Crippen LogP contribution in [0.2, 0.25) is 0 Å². The van der Waals surface area contributed by atoms with E-state index in [4.69, 9.17) is 0 Å². The number of aryl methyl sites for hydroxylation is 1. The molecule has 0 radical (unpaired) electrons. The molecule has 0 fully saturated rings. The summed E-state index contributed by atoms with van der Waals surface area (Å²) in [7, 11) is 1.27. The van der Waals surface area contributed by atoms with Crippen LogP contribution < -0.4 is 5.32 Å². The van der Waals surface area contributed by atoms with Crippen molar-refractivity contribution in [2.45, 2.75) is 6.92 Å². The Bertz CT molecular complexity index is 368. The Morgan fingerprint density at radius 3 is 2.79 bits per heavy atom. The summed E-state index contributed by atoms with van der Waals surface area (Å²) in [6, 6.07) is 2.82. The summed E-state index contributed by atoms with van der Waals surface area (Å²) in [4.78, 5) is 10.9. The molecule has 0 unspecified atom stereocenters. The van der Waals surface area contributed by atoms with Crippen LogP contribution in [0.4, 0.5) is 14.9 Å². The number of benzene rings is 1. The SMILES string of the molecule is COC(=O)Nc1cc(Br)c(F)cc1C. The van der Waals surface area contributed by atoms with Gasteiger partial charge >= 0.3 is 6.09 Å². The maximum absolute atomic E-state index is 13.0. The Morgan fingerprint density at radius 2 is 2.21 bits per heavy atom. The van der Waals surface area contributed by atoms with E-state index >= 15 is 0 Å². The first-order valence-electron chi connectivity index (χ1n) is 3.85. The third-order valence-electron chi connectivity index (χ3n) is 1.69. The molecule has 0 saturated carbocycles. The number of carbonyl (C=O) groups excluding carboxylic acids is 1. The van der Waals surface area contributed by atoms with Crippen molar-refractivity contribution in [1.29, 1.82) is 0 Å². The third-order valence-corrected chi connectivity index (χ3v) is 2.30. The first kappa shape index (κ1) is 11.0. The van der Waals surface area contributed by atoms with Gasteiger partial charge in [0.05, 0.1) is 11.6 Å². The number of halogens is 2. The van der Waals surface area contributed by atoms with Crippen LogP contribution in [0.1, 0.15) is 5.56 Å². The fourth-order valence-corrected chi connectivity index (χ4v) is 1.29. The molecule has 0 saturated heterocycles. The molecule has 5 heteroatoms. The predicted molar refractivity (Wildman–Crippen MR) is 54.9 cm³/mol. The molecule has 14 heavy (non-hydrogen) atoms. The molecule has 0 bridgehead atoms. The number of nitrogens with one attached hydrogen (secondary N) is 1. The Morgan fingerprint density at radius 1 is 1.57 bits per heavy atom. The number of anilines is 1. The average molecular weight is 262 g/mol. The highest BCUT2D eigenvalue weighted by atomic mass is 79.9. The van der Waals surface area contributed by atoms with E-state index in [-0.39, 0.29) is 5.82 Å². The lowest BCUT2D eigenvalue weighted by Crippen LogP contribution is -2.12. The summed E-state index contributed by atoms with van der Waals surface area (Å²) in [5, 5.41) is 2.47. The van der Waals surface area contributed by atoms with Crippen molar-refractivity contribution in [3.63, 3.8) is 0 Å². The normalized spacial score (nSPS) is 9.71. The topological polar surface area (TPSA) is 38.3 Å². The standard InChI is InChI=1S/C9H9BrFNO2/c1-5-3-7(11)6(10)4-8(5)12-9(13)14-2/h3-4H,1-2H3,(H,12,13). The number of hydrogen-bond donors (Lipinski definition) is 1. The van der Waals surface area contributed by atoms with E-state index in [0.29, 0.717) is 15.7 Å². The van der Waals surface area contributed by atoms with E-state index in [1.54, 1.807) is 6.92 Å². The molecule has 76 valence electrons. The highest BCUT2D eigenvalue weighted by Gasteiger charge is 2.07. The minimum Gasteiger partial charge on any atom is -0.453 e. The Hall–Kier alpha value is -1.10. The zero-order valence-electron chi connectivity index (χ0n) is 7.73. The molecular formula is C9H9BrFNO2. The number of methoxy groups -OCH3 is 1. The van der Waals surface area contributed by atoms with E-state index in [1.807, 2.05) is 0 Å². The van der Waals surface area contributed by atoms with Gasteiger partial charge in [-0.2, -0.15) is 0 Å². The van der Waals surface area contributed by atoms with Gasteiger partial charge in [0.1, 0.15) is 5.82 Å². The van der Waals surface area contributed by atoms with Crippen LogP contribution >= 0.6 is 15.9 Å². The first-order valence-corrected chi connectivity index (χ1v) is 4.64. The Labute approximate surface area is 89.4 Å². The van der Waals surface area contributed by atoms with E-state index in [1.165, 1.54) is 19.2 Å². The summed E-state index contributed by atoms with van der Waals surface area (Å²) in [6.07, 6.45) is -0.577. The molecule has 1 rings (SSSR count). The lowest BCUT2D eigenvalue weighted by Gasteiger charge is -2.07. The second-order valence-electron chi connectivity index (χ2n) is 2.70. The van der Waals surface area contributed by atoms with E-state index in [9.17, 15) is 9.18 Å². The van der Waals surface area contributed by atoms with Crippen molar-refractivity contribution in [2.75, 3.05) is 12.4 Å². The van der Waals surface area contributed by atoms with Crippen LogP contribution in [0.25, 0.3) is 0 Å². The van der Waals surface area contributed by atoms with Crippen molar-refractivity contribution in [2.24, 2.45) is 0 Å². The Balaban J connectivity index is 2.98. The van der Waals surface area contributed by atoms with Gasteiger partial charge < -0.3 is 4.74 Å². The zero-order chi connectivity index (χ0) is 10.7. The molecule has 0 spiro atoms. The summed E-state index contributed by atoms with van der Waals surface area (Å²) in [6.45, 7) is 1.70. The summed E-state index contributed by atoms with van der Waals surface area (Å²) >= 11 is 3.02. The summed E-state index contributed by atoms with van der Waals surface area (Å²) in [5.41, 5.74) is 1.15. The van der Waals surface area contributed by atoms with Gasteiger partial charge in [-0.25, -0.2) is 9.18 Å². The van der Waals surface area contributed by atoms with Crippen molar-refractivity contribution in [3.05, 3.63) is 28.0 Å². The van der Waals surface area contributed by atoms with Gasteiger partial charge in [0, 0.05) is 5.69 Å². The zero-order valence-corrected chi connectivity index (χ0v) is 9.31. The van der Waals surface area contributed by atoms with Crippen LogP contribution in [0.15, 0.2) is 16.6 Å². The van der Waals surface area contributed by atoms with Crippen molar-refractivity contribution in [3.8, 4) is 0 Å². The smallest absolute Gasteiger partial charge is 0.411 e. The largest absolute Gasteiger partial charge is 0.453 e. The molecule has 0 aliphatic carbocycles. The van der Waals surface area contributed by atoms with Gasteiger partial charge in [0.25, 0.3) is 0 Å². The van der Waals surface area contributed by atoms with Crippen molar-refractivity contribution >= 4 is 27.7 Å². The number of hydrogen-bond acceptors (Lipinski definition) is 2. The number of rotatable bonds is 1. The van der Waals surface area contributed by atoms with Crippen LogP contribution in [-0.2, 0) is 4.74 Å². The third kappa shape index (κ3) is 2.45. The van der Waals surface area contributed by atoms with Crippen LogP contribution in [0, 0.1) is 12.7 Å². The molecule has 3 nitrogen and oxygen atoms in total. The van der Waals surface area contributed by atoms with Crippen molar-refractivity contribution < 1.29 is 13.9 Å². The van der Waals surface area contributed by atoms with Crippen LogP contribution in [-0.4, -0.2) is 13.2 Å². The van der Waals surface area contributed by atoms with Crippen molar-refractivity contribution in [1.82, 2.24) is 0 Å². The maximum Gasteiger partial charge on any atom is 0.411 e. The summed E-state index contributed by atoms with van der Waals surface area (Å²) in [5.74, 6) is -0.363. The number of ether oxygens (including phenoxy) is 1. The summed E-state index contributed by atoms with van der Waals surface area (Å²) < 4.78 is 17.7. The molecule has 1 aromatic carbocycles. The predicted octanol–water partition coefficient (Wildman–Crippen LogP) is 3.07. The molecule has 1 N–H and O–H groups in total. The highest BCUT2D eigenvalue weighted by molar-refractivity contribution is 9.10. The van der Waals surface area contributed by atoms with Gasteiger partial charge in [0.2, 0.25) is 0 Å². The fourth-order valence-electron chi connectivity index (χ4n) is 0.942. The first-order chi connectivity index (χ1) is 6.54. The Kier molecular flexibility index (Phi) is 3.46. The second-order valence-corrected chi connectivity index (χ2v) is 3.55. The number of amides is 1. The number of carbonyl (C=O) groups is 1. The molecule has 0 aliphatic rings. The average Bonchev–Trinajstić information content (AvgIpc) is 2.14. The van der Waals surface area contributed by atoms with E-state index in [2.05, 4.69) is 26.0 Å². The van der Waals surface area contributed by atoms with Crippen LogP contribution in [0.5, 0.6) is 0 Å². The minimum atomic E-state index is -0.577. The van der Waals surface area contributed by atoms with Gasteiger partial charge in [-0.1, -0.05) is 0 Å².